The first-order valence-corrected chi connectivity index (χ1v) is 11.3. The smallest absolute Gasteiger partial charge is 0.308 e. The van der Waals surface area contributed by atoms with Crippen LogP contribution in [0.2, 0.25) is 0 Å². The first kappa shape index (κ1) is 21.6. The van der Waals surface area contributed by atoms with E-state index in [0.29, 0.717) is 12.2 Å². The zero-order chi connectivity index (χ0) is 22.2. The summed E-state index contributed by atoms with van der Waals surface area (Å²) in [4.78, 5) is 20.7. The normalized spacial score (nSPS) is 10.5. The van der Waals surface area contributed by atoms with Gasteiger partial charge in [0.05, 0.1) is 17.6 Å². The third kappa shape index (κ3) is 5.95. The van der Waals surface area contributed by atoms with Gasteiger partial charge in [-0.3, -0.25) is 4.79 Å². The first-order valence-electron chi connectivity index (χ1n) is 10.3. The number of carbonyl (C=O) groups excluding carboxylic acids is 1. The summed E-state index contributed by atoms with van der Waals surface area (Å²) in [6.45, 7) is 1.39. The van der Waals surface area contributed by atoms with Crippen LogP contribution in [-0.2, 0) is 17.0 Å². The molecule has 0 aliphatic rings. The van der Waals surface area contributed by atoms with Gasteiger partial charge in [-0.1, -0.05) is 60.7 Å². The van der Waals surface area contributed by atoms with Crippen LogP contribution in [0.3, 0.4) is 0 Å². The number of esters is 1. The predicted octanol–water partition coefficient (Wildman–Crippen LogP) is 5.92. The van der Waals surface area contributed by atoms with E-state index in [1.807, 2.05) is 48.5 Å². The number of anilines is 1. The van der Waals surface area contributed by atoms with Crippen molar-refractivity contribution >= 4 is 23.7 Å². The van der Waals surface area contributed by atoms with E-state index >= 15 is 0 Å². The van der Waals surface area contributed by atoms with Gasteiger partial charge >= 0.3 is 5.97 Å². The zero-order valence-electron chi connectivity index (χ0n) is 17.7. The van der Waals surface area contributed by atoms with E-state index in [2.05, 4.69) is 34.0 Å². The van der Waals surface area contributed by atoms with Crippen LogP contribution in [0.4, 0.5) is 5.82 Å². The zero-order valence-corrected chi connectivity index (χ0v) is 18.5. The Kier molecular flexibility index (Phi) is 7.15. The maximum atomic E-state index is 11.1. The molecule has 1 N–H and O–H groups in total. The van der Waals surface area contributed by atoms with Crippen molar-refractivity contribution < 1.29 is 9.53 Å². The molecule has 3 aromatic carbocycles. The minimum absolute atomic E-state index is 0.342. The molecule has 0 aliphatic heterocycles. The summed E-state index contributed by atoms with van der Waals surface area (Å²) in [6, 6.07) is 27.8. The second kappa shape index (κ2) is 10.6. The minimum atomic E-state index is -0.342. The second-order valence-electron chi connectivity index (χ2n) is 7.21. The highest BCUT2D eigenvalue weighted by Crippen LogP contribution is 2.25. The fraction of sp³-hybridized carbons (Fsp3) is 0.115. The highest BCUT2D eigenvalue weighted by atomic mass is 32.2. The number of rotatable bonds is 8. The van der Waals surface area contributed by atoms with Crippen LogP contribution >= 0.6 is 11.9 Å². The van der Waals surface area contributed by atoms with Gasteiger partial charge < -0.3 is 9.46 Å². The Morgan fingerprint density at radius 2 is 1.56 bits per heavy atom. The Bertz CT molecular complexity index is 1170. The summed E-state index contributed by atoms with van der Waals surface area (Å²) in [5.41, 5.74) is 4.96. The Morgan fingerprint density at radius 1 is 0.906 bits per heavy atom. The monoisotopic (exact) mass is 441 g/mol. The van der Waals surface area contributed by atoms with Crippen molar-refractivity contribution in [2.45, 2.75) is 19.1 Å². The molecule has 5 nitrogen and oxygen atoms in total. The molecule has 0 bridgehead atoms. The van der Waals surface area contributed by atoms with Crippen molar-refractivity contribution in [2.24, 2.45) is 0 Å². The number of hydrogen-bond acceptors (Lipinski definition) is 6. The molecule has 0 unspecified atom stereocenters. The molecular formula is C26H23N3O2S. The number of nitrogens with zero attached hydrogens (tertiary/aromatic N) is 2. The molecule has 0 saturated heterocycles. The van der Waals surface area contributed by atoms with Crippen molar-refractivity contribution in [3.63, 3.8) is 0 Å². The lowest BCUT2D eigenvalue weighted by molar-refractivity contribution is -0.131. The average Bonchev–Trinajstić information content (AvgIpc) is 2.81. The molecule has 4 rings (SSSR count). The van der Waals surface area contributed by atoms with E-state index in [1.54, 1.807) is 30.3 Å². The maximum absolute atomic E-state index is 11.1. The molecule has 1 heterocycles. The van der Waals surface area contributed by atoms with Gasteiger partial charge in [-0.25, -0.2) is 9.97 Å². The van der Waals surface area contributed by atoms with Crippen LogP contribution in [0.15, 0.2) is 91.1 Å². The van der Waals surface area contributed by atoms with E-state index in [9.17, 15) is 4.79 Å². The van der Waals surface area contributed by atoms with Gasteiger partial charge in [-0.15, -0.1) is 0 Å². The predicted molar refractivity (Wildman–Crippen MR) is 129 cm³/mol. The van der Waals surface area contributed by atoms with Crippen LogP contribution in [0.5, 0.6) is 5.75 Å². The molecule has 160 valence electrons. The van der Waals surface area contributed by atoms with E-state index in [0.717, 1.165) is 28.5 Å². The van der Waals surface area contributed by atoms with Crippen molar-refractivity contribution in [2.75, 3.05) is 4.72 Å². The topological polar surface area (TPSA) is 64.1 Å². The molecule has 4 aromatic rings. The Hall–Kier alpha value is -3.64. The van der Waals surface area contributed by atoms with Crippen LogP contribution < -0.4 is 9.46 Å². The lowest BCUT2D eigenvalue weighted by Gasteiger charge is -2.12. The number of ether oxygens (including phenoxy) is 1. The molecule has 1 aromatic heterocycles. The fourth-order valence-electron chi connectivity index (χ4n) is 3.19. The molecule has 6 heteroatoms. The van der Waals surface area contributed by atoms with Gasteiger partial charge in [0, 0.05) is 24.7 Å². The molecule has 0 saturated carbocycles. The molecule has 0 aliphatic carbocycles. The fourth-order valence-corrected chi connectivity index (χ4v) is 3.92. The third-order valence-electron chi connectivity index (χ3n) is 4.72. The average molecular weight is 442 g/mol. The lowest BCUT2D eigenvalue weighted by Crippen LogP contribution is -2.04. The second-order valence-corrected chi connectivity index (χ2v) is 7.99. The van der Waals surface area contributed by atoms with E-state index < -0.39 is 0 Å². The first-order chi connectivity index (χ1) is 15.7. The lowest BCUT2D eigenvalue weighted by atomic mass is 10.1. The largest absolute Gasteiger partial charge is 0.427 e. The summed E-state index contributed by atoms with van der Waals surface area (Å²) in [6.07, 6.45) is 2.43. The molecule has 0 atom stereocenters. The Balaban J connectivity index is 1.56. The standard InChI is InChI=1S/C26H23N3O2S/c1-19(30)31-23-14-12-22(13-15-23)25-17-27-26(29-32-18-21-10-6-3-7-11-21)24(28-25)16-20-8-4-2-5-9-20/h2-15,17H,16,18H2,1H3,(H,27,29). The van der Waals surface area contributed by atoms with Crippen LogP contribution in [0.1, 0.15) is 23.7 Å². The van der Waals surface area contributed by atoms with E-state index in [1.165, 1.54) is 18.1 Å². The molecular weight excluding hydrogens is 418 g/mol. The summed E-state index contributed by atoms with van der Waals surface area (Å²) in [5, 5.41) is 0. The molecule has 0 radical (unpaired) electrons. The minimum Gasteiger partial charge on any atom is -0.427 e. The SMILES string of the molecule is CC(=O)Oc1ccc(-c2cnc(NSCc3ccccc3)c(Cc3ccccc3)n2)cc1. The van der Waals surface area contributed by atoms with Gasteiger partial charge in [0.2, 0.25) is 0 Å². The molecule has 0 amide bonds. The quantitative estimate of drug-likeness (QED) is 0.208. The van der Waals surface area contributed by atoms with Gasteiger partial charge in [-0.05, 0) is 47.3 Å². The van der Waals surface area contributed by atoms with E-state index in [4.69, 9.17) is 9.72 Å². The van der Waals surface area contributed by atoms with Crippen molar-refractivity contribution in [1.29, 1.82) is 0 Å². The van der Waals surface area contributed by atoms with Crippen molar-refractivity contribution in [3.05, 3.63) is 108 Å². The van der Waals surface area contributed by atoms with Crippen LogP contribution in [0.25, 0.3) is 11.3 Å². The molecule has 0 spiro atoms. The van der Waals surface area contributed by atoms with E-state index in [-0.39, 0.29) is 5.97 Å². The van der Waals surface area contributed by atoms with Gasteiger partial charge in [0.1, 0.15) is 5.75 Å². The number of hydrogen-bond donors (Lipinski definition) is 1. The highest BCUT2D eigenvalue weighted by molar-refractivity contribution is 7.99. The molecule has 32 heavy (non-hydrogen) atoms. The number of aromatic nitrogens is 2. The van der Waals surface area contributed by atoms with Gasteiger partial charge in [-0.2, -0.15) is 0 Å². The van der Waals surface area contributed by atoms with Crippen LogP contribution in [0, 0.1) is 0 Å². The summed E-state index contributed by atoms with van der Waals surface area (Å²) < 4.78 is 8.50. The molecule has 0 fully saturated rings. The van der Waals surface area contributed by atoms with Crippen molar-refractivity contribution in [3.8, 4) is 17.0 Å². The summed E-state index contributed by atoms with van der Waals surface area (Å²) in [5.74, 6) is 1.75. The van der Waals surface area contributed by atoms with Gasteiger partial charge in [0.25, 0.3) is 0 Å². The Labute approximate surface area is 192 Å². The van der Waals surface area contributed by atoms with Gasteiger partial charge in [0.15, 0.2) is 5.82 Å². The van der Waals surface area contributed by atoms with Crippen molar-refractivity contribution in [1.82, 2.24) is 9.97 Å². The maximum Gasteiger partial charge on any atom is 0.308 e. The Morgan fingerprint density at radius 3 is 2.22 bits per heavy atom. The third-order valence-corrected chi connectivity index (χ3v) is 5.54. The summed E-state index contributed by atoms with van der Waals surface area (Å²) >= 11 is 1.59. The number of benzene rings is 3. The highest BCUT2D eigenvalue weighted by Gasteiger charge is 2.11. The van der Waals surface area contributed by atoms with Crippen LogP contribution in [-0.4, -0.2) is 15.9 Å². The number of carbonyl (C=O) groups is 1. The number of nitrogens with one attached hydrogen (secondary N) is 1. The summed E-state index contributed by atoms with van der Waals surface area (Å²) in [7, 11) is 0.